The summed E-state index contributed by atoms with van der Waals surface area (Å²) in [5, 5.41) is 0. The van der Waals surface area contributed by atoms with Crippen LogP contribution in [0.3, 0.4) is 0 Å². The second-order valence-electron chi connectivity index (χ2n) is 7.46. The predicted octanol–water partition coefficient (Wildman–Crippen LogP) is 6.49. The van der Waals surface area contributed by atoms with E-state index in [1.54, 1.807) is 12.2 Å². The van der Waals surface area contributed by atoms with Crippen molar-refractivity contribution in [3.05, 3.63) is 12.2 Å². The first kappa shape index (κ1) is 24.2. The Morgan fingerprint density at radius 2 is 1.34 bits per heavy atom. The molecule has 12 heteroatoms. The highest BCUT2D eigenvalue weighted by molar-refractivity contribution is 5.15. The van der Waals surface area contributed by atoms with Crippen LogP contribution < -0.4 is 0 Å². The number of halogens is 11. The van der Waals surface area contributed by atoms with E-state index in [9.17, 15) is 48.3 Å². The zero-order valence-corrected chi connectivity index (χ0v) is 15.1. The van der Waals surface area contributed by atoms with Gasteiger partial charge in [0.1, 0.15) is 6.61 Å². The van der Waals surface area contributed by atoms with E-state index in [0.29, 0.717) is 19.3 Å². The molecule has 0 amide bonds. The number of unbranched alkanes of at least 4 members (excludes halogenated alkanes) is 1. The Morgan fingerprint density at radius 1 is 0.793 bits per heavy atom. The van der Waals surface area contributed by atoms with Crippen LogP contribution in [0.5, 0.6) is 0 Å². The van der Waals surface area contributed by atoms with Gasteiger partial charge < -0.3 is 4.74 Å². The molecule has 0 aromatic carbocycles. The van der Waals surface area contributed by atoms with Crippen molar-refractivity contribution in [2.24, 2.45) is 17.8 Å². The van der Waals surface area contributed by atoms with Crippen molar-refractivity contribution in [2.45, 2.75) is 68.6 Å². The maximum atomic E-state index is 13.8. The Hall–Kier alpha value is -1.07. The minimum Gasteiger partial charge on any atom is -0.371 e. The lowest BCUT2D eigenvalue weighted by Crippen LogP contribution is -2.67. The number of fused-ring (bicyclic) bond motifs is 2. The predicted molar refractivity (Wildman–Crippen MR) is 79.3 cm³/mol. The molecule has 29 heavy (non-hydrogen) atoms. The van der Waals surface area contributed by atoms with E-state index < -0.39 is 48.5 Å². The molecule has 0 spiro atoms. The maximum Gasteiger partial charge on any atom is 0.460 e. The SMILES string of the molecule is CCCCC1C2C=CC(C2)C1OCC(F)(F)C(F)(F)C(F)(F)C(F)(F)C(F)(F)F. The lowest BCUT2D eigenvalue weighted by Gasteiger charge is -2.38. The van der Waals surface area contributed by atoms with Crippen LogP contribution in [0.25, 0.3) is 0 Å². The molecular weight excluding hydrogens is 429 g/mol. The zero-order chi connectivity index (χ0) is 22.5. The Kier molecular flexibility index (Phi) is 6.31. The van der Waals surface area contributed by atoms with Crippen LogP contribution in [0, 0.1) is 17.8 Å². The van der Waals surface area contributed by atoms with Gasteiger partial charge in [-0.2, -0.15) is 48.3 Å². The summed E-state index contributed by atoms with van der Waals surface area (Å²) in [7, 11) is 0. The third kappa shape index (κ3) is 3.85. The van der Waals surface area contributed by atoms with Gasteiger partial charge in [0, 0.05) is 5.92 Å². The van der Waals surface area contributed by atoms with Crippen molar-refractivity contribution in [3.63, 3.8) is 0 Å². The maximum absolute atomic E-state index is 13.8. The summed E-state index contributed by atoms with van der Waals surface area (Å²) >= 11 is 0. The number of hydrogen-bond acceptors (Lipinski definition) is 1. The molecule has 0 saturated heterocycles. The van der Waals surface area contributed by atoms with E-state index in [1.807, 2.05) is 6.92 Å². The summed E-state index contributed by atoms with van der Waals surface area (Å²) in [6.45, 7) is -0.565. The Balaban J connectivity index is 2.18. The quantitative estimate of drug-likeness (QED) is 0.290. The molecule has 4 unspecified atom stereocenters. The number of hydrogen-bond donors (Lipinski definition) is 0. The largest absolute Gasteiger partial charge is 0.460 e. The number of alkyl halides is 11. The van der Waals surface area contributed by atoms with Gasteiger partial charge in [0.25, 0.3) is 0 Å². The van der Waals surface area contributed by atoms with Crippen LogP contribution in [-0.4, -0.2) is 42.6 Å². The molecule has 2 bridgehead atoms. The van der Waals surface area contributed by atoms with Gasteiger partial charge in [-0.1, -0.05) is 31.9 Å². The standard InChI is InChI=1S/C17H19F11O/c1-2-3-4-11-9-5-6-10(7-9)12(11)29-8-13(18,19)14(20,21)15(22,23)16(24,25)17(26,27)28/h5-6,9-12H,2-4,7-8H2,1H3. The smallest absolute Gasteiger partial charge is 0.371 e. The highest BCUT2D eigenvalue weighted by atomic mass is 19.4. The second kappa shape index (κ2) is 7.56. The number of ether oxygens (including phenoxy) is 1. The fourth-order valence-corrected chi connectivity index (χ4v) is 3.84. The van der Waals surface area contributed by atoms with Crippen molar-refractivity contribution in [3.8, 4) is 0 Å². The lowest BCUT2D eigenvalue weighted by atomic mass is 9.86. The summed E-state index contributed by atoms with van der Waals surface area (Å²) in [6, 6.07) is 0. The summed E-state index contributed by atoms with van der Waals surface area (Å²) in [6.07, 6.45) is -2.44. The normalized spacial score (nSPS) is 28.4. The Morgan fingerprint density at radius 3 is 1.86 bits per heavy atom. The molecule has 1 fully saturated rings. The molecule has 0 aromatic heterocycles. The van der Waals surface area contributed by atoms with Crippen LogP contribution >= 0.6 is 0 Å². The molecule has 0 radical (unpaired) electrons. The molecule has 2 aliphatic rings. The zero-order valence-electron chi connectivity index (χ0n) is 15.1. The second-order valence-corrected chi connectivity index (χ2v) is 7.46. The fraction of sp³-hybridized carbons (Fsp3) is 0.882. The van der Waals surface area contributed by atoms with Crippen LogP contribution in [0.15, 0.2) is 12.2 Å². The molecule has 0 aromatic rings. The van der Waals surface area contributed by atoms with Gasteiger partial charge in [-0.3, -0.25) is 0 Å². The summed E-state index contributed by atoms with van der Waals surface area (Å²) in [4.78, 5) is 0. The Labute approximate surface area is 159 Å². The monoisotopic (exact) mass is 448 g/mol. The molecule has 0 aliphatic heterocycles. The highest BCUT2D eigenvalue weighted by Gasteiger charge is 2.87. The summed E-state index contributed by atoms with van der Waals surface area (Å²) < 4.78 is 148. The van der Waals surface area contributed by atoms with Gasteiger partial charge in [0.05, 0.1) is 6.10 Å². The van der Waals surface area contributed by atoms with Gasteiger partial charge in [-0.25, -0.2) is 0 Å². The lowest BCUT2D eigenvalue weighted by molar-refractivity contribution is -0.425. The van der Waals surface area contributed by atoms with E-state index in [4.69, 9.17) is 4.74 Å². The summed E-state index contributed by atoms with van der Waals surface area (Å²) in [5.41, 5.74) is 0. The first-order valence-electron chi connectivity index (χ1n) is 8.89. The average Bonchev–Trinajstić information content (AvgIpc) is 3.17. The van der Waals surface area contributed by atoms with Crippen LogP contribution in [0.1, 0.15) is 32.6 Å². The molecular formula is C17H19F11O. The van der Waals surface area contributed by atoms with E-state index in [-0.39, 0.29) is 11.8 Å². The topological polar surface area (TPSA) is 9.23 Å². The van der Waals surface area contributed by atoms with Crippen LogP contribution in [-0.2, 0) is 4.74 Å². The average molecular weight is 448 g/mol. The van der Waals surface area contributed by atoms with Gasteiger partial charge in [-0.15, -0.1) is 0 Å². The number of rotatable bonds is 9. The minimum absolute atomic E-state index is 0.0818. The van der Waals surface area contributed by atoms with Crippen LogP contribution in [0.2, 0.25) is 0 Å². The molecule has 2 aliphatic carbocycles. The van der Waals surface area contributed by atoms with Crippen molar-refractivity contribution in [2.75, 3.05) is 6.61 Å². The highest BCUT2D eigenvalue weighted by Crippen LogP contribution is 2.57. The first-order valence-corrected chi connectivity index (χ1v) is 8.89. The van der Waals surface area contributed by atoms with Crippen LogP contribution in [0.4, 0.5) is 48.3 Å². The van der Waals surface area contributed by atoms with Gasteiger partial charge in [0.15, 0.2) is 0 Å². The van der Waals surface area contributed by atoms with Gasteiger partial charge in [0.2, 0.25) is 0 Å². The minimum atomic E-state index is -7.39. The van der Waals surface area contributed by atoms with Crippen molar-refractivity contribution >= 4 is 0 Å². The molecule has 1 saturated carbocycles. The van der Waals surface area contributed by atoms with Gasteiger partial charge in [-0.05, 0) is 24.7 Å². The molecule has 2 rings (SSSR count). The first-order chi connectivity index (χ1) is 13.0. The number of allylic oxidation sites excluding steroid dienone is 1. The molecule has 0 N–H and O–H groups in total. The molecule has 4 atom stereocenters. The third-order valence-electron chi connectivity index (χ3n) is 5.50. The Bertz CT molecular complexity index is 611. The van der Waals surface area contributed by atoms with E-state index in [2.05, 4.69) is 0 Å². The third-order valence-corrected chi connectivity index (χ3v) is 5.50. The van der Waals surface area contributed by atoms with E-state index >= 15 is 0 Å². The van der Waals surface area contributed by atoms with Crippen molar-refractivity contribution < 1.29 is 53.0 Å². The summed E-state index contributed by atoms with van der Waals surface area (Å²) in [5.74, 6) is -28.6. The van der Waals surface area contributed by atoms with Crippen molar-refractivity contribution in [1.82, 2.24) is 0 Å². The fourth-order valence-electron chi connectivity index (χ4n) is 3.84. The molecule has 1 nitrogen and oxygen atoms in total. The molecule has 170 valence electrons. The van der Waals surface area contributed by atoms with Gasteiger partial charge >= 0.3 is 29.9 Å². The van der Waals surface area contributed by atoms with E-state index in [0.717, 1.165) is 6.42 Å². The molecule has 0 heterocycles. The van der Waals surface area contributed by atoms with Crippen molar-refractivity contribution in [1.29, 1.82) is 0 Å². The van der Waals surface area contributed by atoms with E-state index in [1.165, 1.54) is 0 Å².